The highest BCUT2D eigenvalue weighted by atomic mass is 16.5. The van der Waals surface area contributed by atoms with Crippen molar-refractivity contribution < 1.29 is 4.74 Å². The van der Waals surface area contributed by atoms with Crippen LogP contribution in [0, 0.1) is 6.92 Å². The molecule has 0 spiro atoms. The smallest absolute Gasteiger partial charge is 0.0594 e. The maximum Gasteiger partial charge on any atom is 0.0594 e. The van der Waals surface area contributed by atoms with Gasteiger partial charge in [-0.25, -0.2) is 0 Å². The Labute approximate surface area is 145 Å². The third kappa shape index (κ3) is 5.17. The van der Waals surface area contributed by atoms with Gasteiger partial charge in [0.2, 0.25) is 0 Å². The topological polar surface area (TPSA) is 24.5 Å². The van der Waals surface area contributed by atoms with Crippen LogP contribution < -0.4 is 5.32 Å². The summed E-state index contributed by atoms with van der Waals surface area (Å²) < 4.78 is 5.42. The fraction of sp³-hybridized carbons (Fsp3) is 0.429. The first-order valence-electron chi connectivity index (χ1n) is 8.95. The van der Waals surface area contributed by atoms with Crippen molar-refractivity contribution in [3.8, 4) is 0 Å². The summed E-state index contributed by atoms with van der Waals surface area (Å²) in [4.78, 5) is 2.48. The van der Waals surface area contributed by atoms with Crippen LogP contribution in [-0.2, 0) is 11.2 Å². The molecule has 3 rings (SSSR count). The molecule has 2 aromatic rings. The average molecular weight is 324 g/mol. The highest BCUT2D eigenvalue weighted by molar-refractivity contribution is 5.26. The molecular weight excluding hydrogens is 296 g/mol. The molecule has 1 fully saturated rings. The number of rotatable bonds is 7. The molecule has 0 amide bonds. The molecule has 3 nitrogen and oxygen atoms in total. The monoisotopic (exact) mass is 324 g/mol. The number of nitrogens with one attached hydrogen (secondary N) is 1. The summed E-state index contributed by atoms with van der Waals surface area (Å²) in [5.41, 5.74) is 4.05. The lowest BCUT2D eigenvalue weighted by atomic mass is 9.98. The van der Waals surface area contributed by atoms with E-state index in [0.29, 0.717) is 6.04 Å². The van der Waals surface area contributed by atoms with E-state index >= 15 is 0 Å². The van der Waals surface area contributed by atoms with Crippen LogP contribution in [0.1, 0.15) is 22.7 Å². The molecule has 24 heavy (non-hydrogen) atoms. The van der Waals surface area contributed by atoms with Crippen LogP contribution >= 0.6 is 0 Å². The van der Waals surface area contributed by atoms with Gasteiger partial charge in [-0.2, -0.15) is 0 Å². The van der Waals surface area contributed by atoms with E-state index in [1.807, 2.05) is 0 Å². The Balaban J connectivity index is 1.61. The molecule has 1 N–H and O–H groups in total. The second-order valence-corrected chi connectivity index (χ2v) is 6.56. The Morgan fingerprint density at radius 2 is 1.71 bits per heavy atom. The van der Waals surface area contributed by atoms with Crippen molar-refractivity contribution in [2.24, 2.45) is 0 Å². The van der Waals surface area contributed by atoms with Crippen molar-refractivity contribution in [2.45, 2.75) is 19.4 Å². The minimum atomic E-state index is 0.356. The van der Waals surface area contributed by atoms with Gasteiger partial charge >= 0.3 is 0 Å². The van der Waals surface area contributed by atoms with Gasteiger partial charge in [0.05, 0.1) is 13.2 Å². The molecule has 1 aliphatic heterocycles. The van der Waals surface area contributed by atoms with Crippen LogP contribution in [-0.4, -0.2) is 44.3 Å². The molecule has 0 aliphatic carbocycles. The SMILES string of the molecule is Cc1ccc([C@H](Cc2ccccc2)NCCN2CCOCC2)cc1. The Bertz CT molecular complexity index is 591. The zero-order chi connectivity index (χ0) is 16.6. The molecule has 1 heterocycles. The highest BCUT2D eigenvalue weighted by Gasteiger charge is 2.14. The number of hydrogen-bond acceptors (Lipinski definition) is 3. The summed E-state index contributed by atoms with van der Waals surface area (Å²) in [6.07, 6.45) is 1.02. The van der Waals surface area contributed by atoms with Crippen LogP contribution in [0.2, 0.25) is 0 Å². The van der Waals surface area contributed by atoms with Crippen molar-refractivity contribution in [3.63, 3.8) is 0 Å². The molecule has 0 aromatic heterocycles. The molecule has 3 heteroatoms. The molecule has 0 radical (unpaired) electrons. The van der Waals surface area contributed by atoms with Gasteiger partial charge in [-0.05, 0) is 24.5 Å². The van der Waals surface area contributed by atoms with E-state index in [1.54, 1.807) is 0 Å². The lowest BCUT2D eigenvalue weighted by Crippen LogP contribution is -2.41. The van der Waals surface area contributed by atoms with Gasteiger partial charge in [-0.1, -0.05) is 60.2 Å². The standard InChI is InChI=1S/C21H28N2O/c1-18-7-9-20(10-8-18)21(17-19-5-3-2-4-6-19)22-11-12-23-13-15-24-16-14-23/h2-10,21-22H,11-17H2,1H3/t21-/m0/s1. The number of benzene rings is 2. The van der Waals surface area contributed by atoms with Gasteiger partial charge in [-0.15, -0.1) is 0 Å². The summed E-state index contributed by atoms with van der Waals surface area (Å²) in [5, 5.41) is 3.77. The third-order valence-corrected chi connectivity index (χ3v) is 4.68. The van der Waals surface area contributed by atoms with Crippen molar-refractivity contribution in [1.82, 2.24) is 10.2 Å². The van der Waals surface area contributed by atoms with Crippen LogP contribution in [0.4, 0.5) is 0 Å². The van der Waals surface area contributed by atoms with Crippen LogP contribution in [0.15, 0.2) is 54.6 Å². The number of aryl methyl sites for hydroxylation is 1. The third-order valence-electron chi connectivity index (χ3n) is 4.68. The second kappa shape index (κ2) is 8.97. The molecule has 128 valence electrons. The lowest BCUT2D eigenvalue weighted by Gasteiger charge is -2.28. The van der Waals surface area contributed by atoms with Gasteiger partial charge < -0.3 is 10.1 Å². The van der Waals surface area contributed by atoms with Gasteiger partial charge in [0.1, 0.15) is 0 Å². The summed E-state index contributed by atoms with van der Waals surface area (Å²) in [5.74, 6) is 0. The molecule has 1 aliphatic rings. The summed E-state index contributed by atoms with van der Waals surface area (Å²) >= 11 is 0. The quantitative estimate of drug-likeness (QED) is 0.846. The van der Waals surface area contributed by atoms with E-state index in [2.05, 4.69) is 71.7 Å². The molecule has 1 saturated heterocycles. The van der Waals surface area contributed by atoms with Gasteiger partial charge in [-0.3, -0.25) is 4.90 Å². The number of ether oxygens (including phenoxy) is 1. The van der Waals surface area contributed by atoms with Gasteiger partial charge in [0.15, 0.2) is 0 Å². The van der Waals surface area contributed by atoms with Gasteiger partial charge in [0.25, 0.3) is 0 Å². The Kier molecular flexibility index (Phi) is 6.41. The normalized spacial score (nSPS) is 16.9. The summed E-state index contributed by atoms with van der Waals surface area (Å²) in [6, 6.07) is 20.0. The van der Waals surface area contributed by atoms with Crippen molar-refractivity contribution in [1.29, 1.82) is 0 Å². The average Bonchev–Trinajstić information content (AvgIpc) is 2.63. The summed E-state index contributed by atoms with van der Waals surface area (Å²) in [7, 11) is 0. The van der Waals surface area contributed by atoms with E-state index in [0.717, 1.165) is 45.8 Å². The number of morpholine rings is 1. The predicted octanol–water partition coefficient (Wildman–Crippen LogP) is 3.20. The Morgan fingerprint density at radius 1 is 1.00 bits per heavy atom. The molecule has 1 atom stereocenters. The van der Waals surface area contributed by atoms with Crippen molar-refractivity contribution >= 4 is 0 Å². The van der Waals surface area contributed by atoms with E-state index < -0.39 is 0 Å². The lowest BCUT2D eigenvalue weighted by molar-refractivity contribution is 0.0381. The minimum Gasteiger partial charge on any atom is -0.379 e. The van der Waals surface area contributed by atoms with Crippen LogP contribution in [0.25, 0.3) is 0 Å². The van der Waals surface area contributed by atoms with E-state index in [9.17, 15) is 0 Å². The first-order chi connectivity index (χ1) is 11.8. The zero-order valence-electron chi connectivity index (χ0n) is 14.6. The Morgan fingerprint density at radius 3 is 2.42 bits per heavy atom. The highest BCUT2D eigenvalue weighted by Crippen LogP contribution is 2.19. The van der Waals surface area contributed by atoms with Crippen molar-refractivity contribution in [3.05, 3.63) is 71.3 Å². The molecular formula is C21H28N2O. The number of nitrogens with zero attached hydrogens (tertiary/aromatic N) is 1. The van der Waals surface area contributed by atoms with Crippen molar-refractivity contribution in [2.75, 3.05) is 39.4 Å². The molecule has 0 bridgehead atoms. The fourth-order valence-electron chi connectivity index (χ4n) is 3.18. The Hall–Kier alpha value is -1.68. The predicted molar refractivity (Wildman–Crippen MR) is 99.3 cm³/mol. The fourth-order valence-corrected chi connectivity index (χ4v) is 3.18. The minimum absolute atomic E-state index is 0.356. The molecule has 2 aromatic carbocycles. The van der Waals surface area contributed by atoms with Crippen LogP contribution in [0.5, 0.6) is 0 Å². The maximum atomic E-state index is 5.42. The summed E-state index contributed by atoms with van der Waals surface area (Å²) in [6.45, 7) is 8.07. The first kappa shape index (κ1) is 17.2. The maximum absolute atomic E-state index is 5.42. The first-order valence-corrected chi connectivity index (χ1v) is 8.95. The van der Waals surface area contributed by atoms with E-state index in [1.165, 1.54) is 16.7 Å². The second-order valence-electron chi connectivity index (χ2n) is 6.56. The zero-order valence-corrected chi connectivity index (χ0v) is 14.6. The largest absolute Gasteiger partial charge is 0.379 e. The molecule has 0 saturated carbocycles. The van der Waals surface area contributed by atoms with E-state index in [-0.39, 0.29) is 0 Å². The van der Waals surface area contributed by atoms with Crippen LogP contribution in [0.3, 0.4) is 0 Å². The van der Waals surface area contributed by atoms with E-state index in [4.69, 9.17) is 4.74 Å². The molecule has 0 unspecified atom stereocenters. The number of hydrogen-bond donors (Lipinski definition) is 1. The van der Waals surface area contributed by atoms with Gasteiger partial charge in [0, 0.05) is 32.2 Å².